The van der Waals surface area contributed by atoms with Crippen molar-refractivity contribution in [1.29, 1.82) is 0 Å². The molecule has 0 aromatic heterocycles. The number of hydrogen-bond acceptors (Lipinski definition) is 4. The smallest absolute Gasteiger partial charge is 0.251 e. The molecular formula is C21H30Cl2N4O2. The van der Waals surface area contributed by atoms with Crippen molar-refractivity contribution in [1.82, 2.24) is 15.5 Å². The van der Waals surface area contributed by atoms with Gasteiger partial charge in [0.05, 0.1) is 0 Å². The minimum absolute atomic E-state index is 0. The Balaban J connectivity index is 0.00000392. The Morgan fingerprint density at radius 3 is 2.41 bits per heavy atom. The van der Waals surface area contributed by atoms with E-state index in [1.165, 1.54) is 0 Å². The van der Waals surface area contributed by atoms with E-state index >= 15 is 0 Å². The predicted octanol–water partition coefficient (Wildman–Crippen LogP) is 2.65. The maximum Gasteiger partial charge on any atom is 0.251 e. The van der Waals surface area contributed by atoms with Crippen LogP contribution in [0.3, 0.4) is 0 Å². The van der Waals surface area contributed by atoms with Gasteiger partial charge in [0, 0.05) is 37.3 Å². The first-order valence-corrected chi connectivity index (χ1v) is 9.07. The second kappa shape index (κ2) is 13.8. The molecular weight excluding hydrogens is 411 g/mol. The summed E-state index contributed by atoms with van der Waals surface area (Å²) < 4.78 is 0. The zero-order chi connectivity index (χ0) is 19.6. The van der Waals surface area contributed by atoms with Gasteiger partial charge < -0.3 is 21.3 Å². The van der Waals surface area contributed by atoms with Gasteiger partial charge in [-0.25, -0.2) is 0 Å². The molecule has 0 unspecified atom stereocenters. The molecule has 0 fully saturated rings. The lowest BCUT2D eigenvalue weighted by atomic mass is 10.1. The van der Waals surface area contributed by atoms with Crippen molar-refractivity contribution in [3.05, 3.63) is 65.2 Å². The van der Waals surface area contributed by atoms with Gasteiger partial charge in [0.15, 0.2) is 0 Å². The lowest BCUT2D eigenvalue weighted by molar-refractivity contribution is -0.121. The molecule has 160 valence electrons. The van der Waals surface area contributed by atoms with Gasteiger partial charge in [0.2, 0.25) is 5.91 Å². The number of carbonyl (C=O) groups is 2. The Kier molecular flexibility index (Phi) is 12.7. The van der Waals surface area contributed by atoms with E-state index in [9.17, 15) is 9.59 Å². The molecule has 0 saturated carbocycles. The molecule has 0 aliphatic rings. The summed E-state index contributed by atoms with van der Waals surface area (Å²) in [5.74, 6) is -0.149. The highest BCUT2D eigenvalue weighted by atomic mass is 35.5. The third-order valence-electron chi connectivity index (χ3n) is 4.20. The number of nitrogen functional groups attached to an aromatic ring is 1. The first kappa shape index (κ1) is 26.7. The second-order valence-electron chi connectivity index (χ2n) is 6.74. The Bertz CT molecular complexity index is 785. The fraction of sp³-hybridized carbons (Fsp3) is 0.333. The van der Waals surface area contributed by atoms with Crippen LogP contribution in [0, 0.1) is 0 Å². The Labute approximate surface area is 185 Å². The SMILES string of the molecule is CN(C)CCNC(=O)c1cccc(CNC(=O)CCc2ccccc2N)c1.Cl.Cl. The molecule has 2 amide bonds. The molecule has 2 rings (SSSR count). The van der Waals surface area contributed by atoms with Gasteiger partial charge in [-0.05, 0) is 49.8 Å². The van der Waals surface area contributed by atoms with Crippen LogP contribution in [0.4, 0.5) is 5.69 Å². The predicted molar refractivity (Wildman–Crippen MR) is 123 cm³/mol. The molecule has 0 saturated heterocycles. The topological polar surface area (TPSA) is 87.5 Å². The summed E-state index contributed by atoms with van der Waals surface area (Å²) in [5.41, 5.74) is 9.06. The van der Waals surface area contributed by atoms with Gasteiger partial charge in [-0.15, -0.1) is 24.8 Å². The van der Waals surface area contributed by atoms with E-state index in [2.05, 4.69) is 10.6 Å². The van der Waals surface area contributed by atoms with Gasteiger partial charge in [-0.2, -0.15) is 0 Å². The highest BCUT2D eigenvalue weighted by molar-refractivity contribution is 5.94. The Morgan fingerprint density at radius 2 is 1.72 bits per heavy atom. The van der Waals surface area contributed by atoms with E-state index in [1.54, 1.807) is 12.1 Å². The van der Waals surface area contributed by atoms with Crippen molar-refractivity contribution >= 4 is 42.3 Å². The first-order valence-electron chi connectivity index (χ1n) is 9.07. The maximum atomic E-state index is 12.2. The van der Waals surface area contributed by atoms with Gasteiger partial charge in [0.25, 0.3) is 5.91 Å². The number of hydrogen-bond donors (Lipinski definition) is 3. The van der Waals surface area contributed by atoms with Crippen molar-refractivity contribution in [2.24, 2.45) is 0 Å². The molecule has 29 heavy (non-hydrogen) atoms. The van der Waals surface area contributed by atoms with Crippen molar-refractivity contribution in [2.45, 2.75) is 19.4 Å². The van der Waals surface area contributed by atoms with Crippen LogP contribution in [-0.4, -0.2) is 43.9 Å². The molecule has 0 atom stereocenters. The lowest BCUT2D eigenvalue weighted by Crippen LogP contribution is -2.31. The lowest BCUT2D eigenvalue weighted by Gasteiger charge is -2.11. The van der Waals surface area contributed by atoms with Gasteiger partial charge in [-0.3, -0.25) is 9.59 Å². The van der Waals surface area contributed by atoms with E-state index in [4.69, 9.17) is 5.73 Å². The molecule has 8 heteroatoms. The molecule has 0 aliphatic heterocycles. The normalized spacial score (nSPS) is 9.90. The van der Waals surface area contributed by atoms with Gasteiger partial charge in [-0.1, -0.05) is 30.3 Å². The van der Waals surface area contributed by atoms with Crippen molar-refractivity contribution in [3.63, 3.8) is 0 Å². The summed E-state index contributed by atoms with van der Waals surface area (Å²) in [5, 5.41) is 5.78. The number of benzene rings is 2. The van der Waals surface area contributed by atoms with E-state index in [-0.39, 0.29) is 36.6 Å². The number of likely N-dealkylation sites (N-methyl/N-ethyl adjacent to an activating group) is 1. The van der Waals surface area contributed by atoms with Gasteiger partial charge >= 0.3 is 0 Å². The highest BCUT2D eigenvalue weighted by Crippen LogP contribution is 2.12. The van der Waals surface area contributed by atoms with E-state index < -0.39 is 0 Å². The second-order valence-corrected chi connectivity index (χ2v) is 6.74. The Morgan fingerprint density at radius 1 is 1.00 bits per heavy atom. The zero-order valence-electron chi connectivity index (χ0n) is 16.8. The number of nitrogens with two attached hydrogens (primary N) is 1. The van der Waals surface area contributed by atoms with Gasteiger partial charge in [0.1, 0.15) is 0 Å². The molecule has 4 N–H and O–H groups in total. The van der Waals surface area contributed by atoms with E-state index in [0.717, 1.165) is 17.7 Å². The number of nitrogens with zero attached hydrogens (tertiary/aromatic N) is 1. The minimum atomic E-state index is -0.107. The summed E-state index contributed by atoms with van der Waals surface area (Å²) >= 11 is 0. The standard InChI is InChI=1S/C21H28N4O2.2ClH/c1-25(2)13-12-23-21(27)18-8-5-6-16(14-18)15-24-20(26)11-10-17-7-3-4-9-19(17)22;;/h3-9,14H,10-13,15,22H2,1-2H3,(H,23,27)(H,24,26);2*1H. The van der Waals surface area contributed by atoms with Crippen molar-refractivity contribution < 1.29 is 9.59 Å². The van der Waals surface area contributed by atoms with Crippen molar-refractivity contribution in [2.75, 3.05) is 32.9 Å². The van der Waals surface area contributed by atoms with Crippen LogP contribution in [0.1, 0.15) is 27.9 Å². The van der Waals surface area contributed by atoms with Crippen LogP contribution in [0.15, 0.2) is 48.5 Å². The van der Waals surface area contributed by atoms with E-state index in [1.807, 2.05) is 55.4 Å². The summed E-state index contributed by atoms with van der Waals surface area (Å²) in [6.07, 6.45) is 0.978. The fourth-order valence-corrected chi connectivity index (χ4v) is 2.62. The fourth-order valence-electron chi connectivity index (χ4n) is 2.62. The summed E-state index contributed by atoms with van der Waals surface area (Å²) in [4.78, 5) is 26.3. The van der Waals surface area contributed by atoms with Crippen LogP contribution in [0.25, 0.3) is 0 Å². The third kappa shape index (κ3) is 9.65. The van der Waals surface area contributed by atoms with Crippen molar-refractivity contribution in [3.8, 4) is 0 Å². The molecule has 0 spiro atoms. The molecule has 6 nitrogen and oxygen atoms in total. The number of carbonyl (C=O) groups excluding carboxylic acids is 2. The number of aryl methyl sites for hydroxylation is 1. The summed E-state index contributed by atoms with van der Waals surface area (Å²) in [7, 11) is 3.92. The Hall–Kier alpha value is -2.28. The number of anilines is 1. The summed E-state index contributed by atoms with van der Waals surface area (Å²) in [6, 6.07) is 14.9. The molecule has 2 aromatic carbocycles. The average molecular weight is 441 g/mol. The third-order valence-corrected chi connectivity index (χ3v) is 4.20. The van der Waals surface area contributed by atoms with Crippen LogP contribution in [-0.2, 0) is 17.8 Å². The van der Waals surface area contributed by atoms with Crippen LogP contribution >= 0.6 is 24.8 Å². The number of para-hydroxylation sites is 1. The maximum absolute atomic E-state index is 12.2. The highest BCUT2D eigenvalue weighted by Gasteiger charge is 2.08. The van der Waals surface area contributed by atoms with E-state index in [0.29, 0.717) is 37.2 Å². The number of rotatable bonds is 9. The molecule has 2 aromatic rings. The zero-order valence-corrected chi connectivity index (χ0v) is 18.4. The number of halogens is 2. The minimum Gasteiger partial charge on any atom is -0.399 e. The molecule has 0 bridgehead atoms. The molecule has 0 heterocycles. The molecule has 0 aliphatic carbocycles. The molecule has 0 radical (unpaired) electrons. The quantitative estimate of drug-likeness (QED) is 0.523. The number of amides is 2. The van der Waals surface area contributed by atoms with Crippen LogP contribution in [0.2, 0.25) is 0 Å². The average Bonchev–Trinajstić information content (AvgIpc) is 2.65. The first-order chi connectivity index (χ1) is 13.0. The van der Waals surface area contributed by atoms with Crippen LogP contribution in [0.5, 0.6) is 0 Å². The van der Waals surface area contributed by atoms with Crippen LogP contribution < -0.4 is 16.4 Å². The monoisotopic (exact) mass is 440 g/mol. The number of nitrogens with one attached hydrogen (secondary N) is 2. The largest absolute Gasteiger partial charge is 0.399 e. The summed E-state index contributed by atoms with van der Waals surface area (Å²) in [6.45, 7) is 1.77.